The Labute approximate surface area is 108 Å². The topological polar surface area (TPSA) is 21.3 Å². The number of likely N-dealkylation sites (N-methyl/N-ethyl adjacent to an activating group) is 1. The van der Waals surface area contributed by atoms with E-state index >= 15 is 0 Å². The first-order valence-corrected chi connectivity index (χ1v) is 7.04. The molecule has 0 amide bonds. The van der Waals surface area contributed by atoms with Crippen molar-refractivity contribution in [3.05, 3.63) is 12.7 Å². The van der Waals surface area contributed by atoms with Crippen LogP contribution in [0.25, 0.3) is 0 Å². The summed E-state index contributed by atoms with van der Waals surface area (Å²) in [7, 11) is 1.82. The third kappa shape index (κ3) is 6.23. The van der Waals surface area contributed by atoms with Crippen molar-refractivity contribution >= 4 is 0 Å². The Bertz CT molecular complexity index is 187. The van der Waals surface area contributed by atoms with Gasteiger partial charge in [-0.25, -0.2) is 0 Å². The standard InChI is InChI=1S/C15H31NO/c1-6-9-10-11-12-13-14(16-8-3)15(4,7-2)17-5/h6,14,16H,1,7-13H2,2-5H3. The molecule has 0 aliphatic rings. The molecule has 2 heteroatoms. The molecule has 0 heterocycles. The number of ether oxygens (including phenoxy) is 1. The number of rotatable bonds is 11. The summed E-state index contributed by atoms with van der Waals surface area (Å²) in [5, 5.41) is 3.57. The molecule has 2 unspecified atom stereocenters. The Morgan fingerprint density at radius 3 is 2.47 bits per heavy atom. The van der Waals surface area contributed by atoms with E-state index in [0.29, 0.717) is 6.04 Å². The molecule has 0 aliphatic carbocycles. The molecule has 0 aromatic carbocycles. The first-order chi connectivity index (χ1) is 8.14. The molecule has 2 nitrogen and oxygen atoms in total. The van der Waals surface area contributed by atoms with E-state index in [4.69, 9.17) is 4.74 Å². The second-order valence-electron chi connectivity index (χ2n) is 4.91. The Morgan fingerprint density at radius 2 is 2.00 bits per heavy atom. The van der Waals surface area contributed by atoms with Crippen molar-refractivity contribution in [2.24, 2.45) is 0 Å². The quantitative estimate of drug-likeness (QED) is 0.437. The van der Waals surface area contributed by atoms with E-state index < -0.39 is 0 Å². The molecular weight excluding hydrogens is 210 g/mol. The third-order valence-corrected chi connectivity index (χ3v) is 3.76. The van der Waals surface area contributed by atoms with Gasteiger partial charge in [0.2, 0.25) is 0 Å². The van der Waals surface area contributed by atoms with Gasteiger partial charge in [0.15, 0.2) is 0 Å². The van der Waals surface area contributed by atoms with E-state index in [0.717, 1.165) is 19.4 Å². The molecule has 0 saturated carbocycles. The average molecular weight is 241 g/mol. The molecule has 0 aromatic heterocycles. The SMILES string of the molecule is C=CCCCCCC(NCC)C(C)(CC)OC. The summed E-state index contributed by atoms with van der Waals surface area (Å²) in [5.74, 6) is 0. The van der Waals surface area contributed by atoms with Crippen molar-refractivity contribution in [3.63, 3.8) is 0 Å². The molecule has 0 spiro atoms. The summed E-state index contributed by atoms with van der Waals surface area (Å²) in [6.07, 6.45) is 9.21. The highest BCUT2D eigenvalue weighted by molar-refractivity contribution is 4.88. The van der Waals surface area contributed by atoms with E-state index in [9.17, 15) is 0 Å². The van der Waals surface area contributed by atoms with Gasteiger partial charge < -0.3 is 10.1 Å². The number of allylic oxidation sites excluding steroid dienone is 1. The van der Waals surface area contributed by atoms with Gasteiger partial charge in [0.1, 0.15) is 0 Å². The fraction of sp³-hybridized carbons (Fsp3) is 0.867. The normalized spacial score (nSPS) is 16.5. The van der Waals surface area contributed by atoms with Crippen molar-refractivity contribution in [3.8, 4) is 0 Å². The molecule has 0 aromatic rings. The van der Waals surface area contributed by atoms with Gasteiger partial charge in [0.25, 0.3) is 0 Å². The maximum Gasteiger partial charge on any atom is 0.0800 e. The van der Waals surface area contributed by atoms with Gasteiger partial charge in [0.05, 0.1) is 5.60 Å². The lowest BCUT2D eigenvalue weighted by Gasteiger charge is -2.36. The van der Waals surface area contributed by atoms with Gasteiger partial charge in [-0.3, -0.25) is 0 Å². The van der Waals surface area contributed by atoms with Crippen LogP contribution in [0.2, 0.25) is 0 Å². The van der Waals surface area contributed by atoms with E-state index in [1.807, 2.05) is 13.2 Å². The molecule has 1 N–H and O–H groups in total. The van der Waals surface area contributed by atoms with Gasteiger partial charge in [-0.15, -0.1) is 6.58 Å². The Hall–Kier alpha value is -0.340. The molecular formula is C15H31NO. The highest BCUT2D eigenvalue weighted by Gasteiger charge is 2.31. The zero-order valence-corrected chi connectivity index (χ0v) is 12.2. The fourth-order valence-electron chi connectivity index (χ4n) is 2.22. The van der Waals surface area contributed by atoms with E-state index in [-0.39, 0.29) is 5.60 Å². The Balaban J connectivity index is 4.09. The van der Waals surface area contributed by atoms with Crippen LogP contribution in [0.4, 0.5) is 0 Å². The maximum atomic E-state index is 5.70. The smallest absolute Gasteiger partial charge is 0.0800 e. The average Bonchev–Trinajstić information content (AvgIpc) is 2.36. The Kier molecular flexibility index (Phi) is 9.47. The monoisotopic (exact) mass is 241 g/mol. The minimum atomic E-state index is -0.0333. The largest absolute Gasteiger partial charge is 0.377 e. The summed E-state index contributed by atoms with van der Waals surface area (Å²) in [6, 6.07) is 0.464. The Morgan fingerprint density at radius 1 is 1.29 bits per heavy atom. The van der Waals surface area contributed by atoms with Crippen molar-refractivity contribution in [2.75, 3.05) is 13.7 Å². The van der Waals surface area contributed by atoms with Crippen LogP contribution >= 0.6 is 0 Å². The molecule has 0 radical (unpaired) electrons. The van der Waals surface area contributed by atoms with Crippen LogP contribution in [-0.2, 0) is 4.74 Å². The van der Waals surface area contributed by atoms with Crippen molar-refractivity contribution in [1.29, 1.82) is 0 Å². The van der Waals surface area contributed by atoms with Crippen LogP contribution < -0.4 is 5.32 Å². The third-order valence-electron chi connectivity index (χ3n) is 3.76. The van der Waals surface area contributed by atoms with Crippen LogP contribution in [0.15, 0.2) is 12.7 Å². The minimum absolute atomic E-state index is 0.0333. The number of hydrogen-bond donors (Lipinski definition) is 1. The zero-order chi connectivity index (χ0) is 13.1. The predicted octanol–water partition coefficient (Wildman–Crippen LogP) is 3.92. The van der Waals surface area contributed by atoms with Gasteiger partial charge in [-0.1, -0.05) is 32.8 Å². The molecule has 0 rings (SSSR count). The first kappa shape index (κ1) is 16.7. The molecule has 102 valence electrons. The molecule has 0 fully saturated rings. The maximum absolute atomic E-state index is 5.70. The zero-order valence-electron chi connectivity index (χ0n) is 12.2. The summed E-state index contributed by atoms with van der Waals surface area (Å²) < 4.78 is 5.70. The second kappa shape index (κ2) is 9.67. The van der Waals surface area contributed by atoms with Crippen LogP contribution in [0.1, 0.15) is 59.3 Å². The molecule has 2 atom stereocenters. The molecule has 0 bridgehead atoms. The highest BCUT2D eigenvalue weighted by atomic mass is 16.5. The van der Waals surface area contributed by atoms with Crippen molar-refractivity contribution in [2.45, 2.75) is 70.9 Å². The summed E-state index contributed by atoms with van der Waals surface area (Å²) in [6.45, 7) is 11.3. The van der Waals surface area contributed by atoms with Gasteiger partial charge in [-0.2, -0.15) is 0 Å². The summed E-state index contributed by atoms with van der Waals surface area (Å²) >= 11 is 0. The molecule has 0 aliphatic heterocycles. The van der Waals surface area contributed by atoms with E-state index in [1.54, 1.807) is 0 Å². The summed E-state index contributed by atoms with van der Waals surface area (Å²) in [5.41, 5.74) is -0.0333. The van der Waals surface area contributed by atoms with Crippen LogP contribution in [0, 0.1) is 0 Å². The van der Waals surface area contributed by atoms with Gasteiger partial charge >= 0.3 is 0 Å². The number of nitrogens with one attached hydrogen (secondary N) is 1. The fourth-order valence-corrected chi connectivity index (χ4v) is 2.22. The number of unbranched alkanes of at least 4 members (excludes halogenated alkanes) is 3. The minimum Gasteiger partial charge on any atom is -0.377 e. The van der Waals surface area contributed by atoms with Crippen LogP contribution in [0.3, 0.4) is 0 Å². The lowest BCUT2D eigenvalue weighted by Crippen LogP contribution is -2.49. The van der Waals surface area contributed by atoms with E-state index in [1.165, 1.54) is 25.7 Å². The van der Waals surface area contributed by atoms with Gasteiger partial charge in [-0.05, 0) is 39.2 Å². The number of hydrogen-bond acceptors (Lipinski definition) is 2. The van der Waals surface area contributed by atoms with E-state index in [2.05, 4.69) is 32.7 Å². The predicted molar refractivity (Wildman–Crippen MR) is 76.5 cm³/mol. The summed E-state index contributed by atoms with van der Waals surface area (Å²) in [4.78, 5) is 0. The number of methoxy groups -OCH3 is 1. The van der Waals surface area contributed by atoms with Crippen molar-refractivity contribution in [1.82, 2.24) is 5.32 Å². The molecule has 17 heavy (non-hydrogen) atoms. The second-order valence-corrected chi connectivity index (χ2v) is 4.91. The van der Waals surface area contributed by atoms with Gasteiger partial charge in [0, 0.05) is 13.2 Å². The lowest BCUT2D eigenvalue weighted by molar-refractivity contribution is -0.0312. The first-order valence-electron chi connectivity index (χ1n) is 7.04. The molecule has 0 saturated heterocycles. The van der Waals surface area contributed by atoms with Crippen molar-refractivity contribution < 1.29 is 4.74 Å². The van der Waals surface area contributed by atoms with Crippen LogP contribution in [-0.4, -0.2) is 25.3 Å². The lowest BCUT2D eigenvalue weighted by atomic mass is 9.89. The highest BCUT2D eigenvalue weighted by Crippen LogP contribution is 2.23. The van der Waals surface area contributed by atoms with Crippen LogP contribution in [0.5, 0.6) is 0 Å².